The molecular formula is C33H32FN5O6. The van der Waals surface area contributed by atoms with Gasteiger partial charge in [0.2, 0.25) is 11.8 Å². The Bertz CT molecular complexity index is 1740. The highest BCUT2D eigenvalue weighted by Crippen LogP contribution is 2.47. The first-order chi connectivity index (χ1) is 21.7. The summed E-state index contributed by atoms with van der Waals surface area (Å²) in [6.45, 7) is 6.87. The fourth-order valence-corrected chi connectivity index (χ4v) is 4.50. The van der Waals surface area contributed by atoms with Gasteiger partial charge in [-0.2, -0.15) is 0 Å². The van der Waals surface area contributed by atoms with E-state index in [0.29, 0.717) is 64.6 Å². The van der Waals surface area contributed by atoms with Gasteiger partial charge in [-0.15, -0.1) is 0 Å². The van der Waals surface area contributed by atoms with Crippen molar-refractivity contribution >= 4 is 40.2 Å². The van der Waals surface area contributed by atoms with Gasteiger partial charge in [0.15, 0.2) is 11.5 Å². The van der Waals surface area contributed by atoms with Crippen LogP contribution >= 0.6 is 0 Å². The van der Waals surface area contributed by atoms with Crippen molar-refractivity contribution < 1.29 is 33.0 Å². The third-order valence-corrected chi connectivity index (χ3v) is 7.12. The van der Waals surface area contributed by atoms with Crippen molar-refractivity contribution in [3.05, 3.63) is 91.0 Å². The molecule has 0 aliphatic heterocycles. The first kappa shape index (κ1) is 31.0. The zero-order valence-corrected chi connectivity index (χ0v) is 24.7. The van der Waals surface area contributed by atoms with Crippen LogP contribution in [-0.4, -0.2) is 43.1 Å². The molecule has 232 valence electrons. The topological polar surface area (TPSA) is 140 Å². The van der Waals surface area contributed by atoms with E-state index in [1.54, 1.807) is 48.7 Å². The summed E-state index contributed by atoms with van der Waals surface area (Å²) in [4.78, 5) is 42.6. The predicted octanol–water partition coefficient (Wildman–Crippen LogP) is 5.74. The van der Waals surface area contributed by atoms with Gasteiger partial charge in [-0.05, 0) is 80.1 Å². The standard InChI is InChI=1S/C33H32FN5O6/c1-4-35-19-20(2)37-32(42)45-29-18-26-25(17-28(29)43-3)27(13-16-36-26)44-24-11-9-23(10-12-24)39-31(41)33(14-15-33)30(40)38-22-7-5-21(34)6-8-22/h5-13,16-18,35H,2,4,14-15,19H2,1,3H3,(H,37,42)(H,38,40)(H,39,41). The number of likely N-dealkylation sites (N-methyl/N-ethyl adjacent to an activating group) is 1. The minimum absolute atomic E-state index is 0.170. The van der Waals surface area contributed by atoms with Crippen LogP contribution in [0.5, 0.6) is 23.0 Å². The molecule has 3 amide bonds. The van der Waals surface area contributed by atoms with Crippen molar-refractivity contribution in [1.29, 1.82) is 0 Å². The van der Waals surface area contributed by atoms with E-state index in [-0.39, 0.29) is 5.75 Å². The second kappa shape index (κ2) is 13.4. The molecule has 12 heteroatoms. The molecule has 0 radical (unpaired) electrons. The van der Waals surface area contributed by atoms with E-state index in [2.05, 4.69) is 32.8 Å². The SMILES string of the molecule is C=C(CNCC)NC(=O)Oc1cc2nccc(Oc3ccc(NC(=O)C4(C(=O)Nc5ccc(F)cc5)CC4)cc3)c2cc1OC. The van der Waals surface area contributed by atoms with Crippen LogP contribution in [0.15, 0.2) is 85.2 Å². The van der Waals surface area contributed by atoms with Gasteiger partial charge in [0.25, 0.3) is 0 Å². The van der Waals surface area contributed by atoms with E-state index in [1.165, 1.54) is 31.4 Å². The van der Waals surface area contributed by atoms with Gasteiger partial charge >= 0.3 is 6.09 Å². The average Bonchev–Trinajstić information content (AvgIpc) is 3.84. The summed E-state index contributed by atoms with van der Waals surface area (Å²) in [6, 6.07) is 17.0. The molecule has 4 N–H and O–H groups in total. The fourth-order valence-electron chi connectivity index (χ4n) is 4.50. The first-order valence-electron chi connectivity index (χ1n) is 14.2. The van der Waals surface area contributed by atoms with Crippen molar-refractivity contribution in [3.8, 4) is 23.0 Å². The lowest BCUT2D eigenvalue weighted by molar-refractivity contribution is -0.131. The molecule has 0 spiro atoms. The summed E-state index contributed by atoms with van der Waals surface area (Å²) < 4.78 is 30.2. The van der Waals surface area contributed by atoms with Gasteiger partial charge in [-0.3, -0.25) is 19.9 Å². The highest BCUT2D eigenvalue weighted by Gasteiger charge is 2.56. The van der Waals surface area contributed by atoms with Crippen LogP contribution in [0.4, 0.5) is 20.6 Å². The number of pyridine rings is 1. The summed E-state index contributed by atoms with van der Waals surface area (Å²) in [7, 11) is 1.46. The molecule has 45 heavy (non-hydrogen) atoms. The van der Waals surface area contributed by atoms with Crippen molar-refractivity contribution in [2.45, 2.75) is 19.8 Å². The number of aromatic nitrogens is 1. The van der Waals surface area contributed by atoms with Crippen LogP contribution in [-0.2, 0) is 9.59 Å². The number of hydrogen-bond acceptors (Lipinski definition) is 8. The van der Waals surface area contributed by atoms with E-state index < -0.39 is 29.1 Å². The third-order valence-electron chi connectivity index (χ3n) is 7.12. The van der Waals surface area contributed by atoms with Gasteiger partial charge < -0.3 is 30.2 Å². The number of ether oxygens (including phenoxy) is 3. The number of benzene rings is 3. The highest BCUT2D eigenvalue weighted by molar-refractivity contribution is 6.16. The summed E-state index contributed by atoms with van der Waals surface area (Å²) in [5.74, 6) is 0.145. The Labute approximate surface area is 258 Å². The van der Waals surface area contributed by atoms with Gasteiger partial charge in [0.05, 0.1) is 12.6 Å². The van der Waals surface area contributed by atoms with Crippen LogP contribution < -0.4 is 35.5 Å². The largest absolute Gasteiger partial charge is 0.493 e. The zero-order valence-electron chi connectivity index (χ0n) is 24.7. The van der Waals surface area contributed by atoms with Crippen molar-refractivity contribution in [3.63, 3.8) is 0 Å². The number of anilines is 2. The quantitative estimate of drug-likeness (QED) is 0.148. The van der Waals surface area contributed by atoms with Gasteiger partial charge in [-0.25, -0.2) is 9.18 Å². The summed E-state index contributed by atoms with van der Waals surface area (Å²) >= 11 is 0. The third kappa shape index (κ3) is 7.36. The molecule has 0 bridgehead atoms. The molecule has 0 atom stereocenters. The molecule has 5 rings (SSSR count). The minimum atomic E-state index is -1.18. The number of nitrogens with zero attached hydrogens (tertiary/aromatic N) is 1. The zero-order chi connectivity index (χ0) is 32.0. The Morgan fingerprint density at radius 1 is 0.911 bits per heavy atom. The second-order valence-corrected chi connectivity index (χ2v) is 10.4. The Hall–Kier alpha value is -5.49. The van der Waals surface area contributed by atoms with Crippen molar-refractivity contribution in [1.82, 2.24) is 15.6 Å². The molecule has 1 aliphatic carbocycles. The molecule has 0 saturated heterocycles. The van der Waals surface area contributed by atoms with E-state index in [1.807, 2.05) is 6.92 Å². The van der Waals surface area contributed by atoms with Crippen LogP contribution in [0.2, 0.25) is 0 Å². The van der Waals surface area contributed by atoms with E-state index in [0.717, 1.165) is 6.54 Å². The molecular weight excluding hydrogens is 581 g/mol. The molecule has 0 unspecified atom stereocenters. The minimum Gasteiger partial charge on any atom is -0.493 e. The number of halogens is 1. The molecule has 1 heterocycles. The summed E-state index contributed by atoms with van der Waals surface area (Å²) in [5.41, 5.74) is 0.685. The number of fused-ring (bicyclic) bond motifs is 1. The van der Waals surface area contributed by atoms with Crippen LogP contribution in [0.3, 0.4) is 0 Å². The number of hydrogen-bond donors (Lipinski definition) is 4. The molecule has 11 nitrogen and oxygen atoms in total. The van der Waals surface area contributed by atoms with Crippen LogP contribution in [0.25, 0.3) is 10.9 Å². The number of carbonyl (C=O) groups is 3. The second-order valence-electron chi connectivity index (χ2n) is 10.4. The van der Waals surface area contributed by atoms with Crippen LogP contribution in [0.1, 0.15) is 19.8 Å². The Kier molecular flexibility index (Phi) is 9.24. The Balaban J connectivity index is 1.24. The number of amides is 3. The lowest BCUT2D eigenvalue weighted by atomic mass is 10.0. The Morgan fingerprint density at radius 3 is 2.16 bits per heavy atom. The van der Waals surface area contributed by atoms with E-state index in [4.69, 9.17) is 14.2 Å². The number of methoxy groups -OCH3 is 1. The normalized spacial score (nSPS) is 13.0. The lowest BCUT2D eigenvalue weighted by Gasteiger charge is -2.16. The lowest BCUT2D eigenvalue weighted by Crippen LogP contribution is -2.35. The van der Waals surface area contributed by atoms with Crippen molar-refractivity contribution in [2.75, 3.05) is 30.8 Å². The maximum atomic E-state index is 13.2. The Morgan fingerprint density at radius 2 is 1.56 bits per heavy atom. The smallest absolute Gasteiger partial charge is 0.416 e. The van der Waals surface area contributed by atoms with Crippen molar-refractivity contribution in [2.24, 2.45) is 5.41 Å². The molecule has 1 saturated carbocycles. The maximum absolute atomic E-state index is 13.2. The number of carbonyl (C=O) groups excluding carboxylic acids is 3. The average molecular weight is 614 g/mol. The monoisotopic (exact) mass is 613 g/mol. The molecule has 1 fully saturated rings. The first-order valence-corrected chi connectivity index (χ1v) is 14.2. The van der Waals surface area contributed by atoms with E-state index in [9.17, 15) is 18.8 Å². The predicted molar refractivity (Wildman–Crippen MR) is 167 cm³/mol. The summed E-state index contributed by atoms with van der Waals surface area (Å²) in [5, 5.41) is 11.7. The number of rotatable bonds is 12. The molecule has 1 aromatic heterocycles. The molecule has 1 aliphatic rings. The molecule has 3 aromatic carbocycles. The van der Waals surface area contributed by atoms with Gasteiger partial charge in [0.1, 0.15) is 22.7 Å². The van der Waals surface area contributed by atoms with Crippen LogP contribution in [0, 0.1) is 11.2 Å². The summed E-state index contributed by atoms with van der Waals surface area (Å²) in [6.07, 6.45) is 1.67. The van der Waals surface area contributed by atoms with E-state index >= 15 is 0 Å². The number of nitrogens with one attached hydrogen (secondary N) is 4. The molecule has 4 aromatic rings. The fraction of sp³-hybridized carbons (Fsp3) is 0.212. The maximum Gasteiger partial charge on any atom is 0.416 e. The van der Waals surface area contributed by atoms with Gasteiger partial charge in [0, 0.05) is 41.3 Å². The highest BCUT2D eigenvalue weighted by atomic mass is 19.1. The van der Waals surface area contributed by atoms with Gasteiger partial charge in [-0.1, -0.05) is 13.5 Å².